The maximum absolute atomic E-state index is 14.0. The average molecular weight is 412 g/mol. The molecule has 0 aromatic carbocycles. The third kappa shape index (κ3) is 4.98. The van der Waals surface area contributed by atoms with Gasteiger partial charge < -0.3 is 20.4 Å². The SMILES string of the molecule is CN=C(NCc1ccnc(N2CCCCC2)c1)NC1CCN(c2ncccc2F)C1. The fourth-order valence-electron chi connectivity index (χ4n) is 4.12. The molecule has 30 heavy (non-hydrogen) atoms. The number of piperidine rings is 1. The third-order valence-corrected chi connectivity index (χ3v) is 5.74. The smallest absolute Gasteiger partial charge is 0.191 e. The second kappa shape index (κ2) is 9.73. The van der Waals surface area contributed by atoms with E-state index < -0.39 is 0 Å². The molecule has 2 aromatic heterocycles. The molecule has 2 fully saturated rings. The highest BCUT2D eigenvalue weighted by Crippen LogP contribution is 2.21. The minimum Gasteiger partial charge on any atom is -0.357 e. The predicted octanol–water partition coefficient (Wildman–Crippen LogP) is 2.55. The van der Waals surface area contributed by atoms with Crippen molar-refractivity contribution in [2.45, 2.75) is 38.3 Å². The van der Waals surface area contributed by atoms with Crippen LogP contribution in [-0.2, 0) is 6.54 Å². The zero-order valence-electron chi connectivity index (χ0n) is 17.5. The largest absolute Gasteiger partial charge is 0.357 e. The summed E-state index contributed by atoms with van der Waals surface area (Å²) in [5, 5.41) is 6.85. The lowest BCUT2D eigenvalue weighted by molar-refractivity contribution is 0.573. The molecule has 0 radical (unpaired) electrons. The Bertz CT molecular complexity index is 866. The van der Waals surface area contributed by atoms with Crippen LogP contribution in [0.1, 0.15) is 31.2 Å². The Balaban J connectivity index is 1.30. The van der Waals surface area contributed by atoms with Gasteiger partial charge in [-0.3, -0.25) is 4.99 Å². The monoisotopic (exact) mass is 411 g/mol. The van der Waals surface area contributed by atoms with Crippen LogP contribution < -0.4 is 20.4 Å². The summed E-state index contributed by atoms with van der Waals surface area (Å²) in [6.07, 6.45) is 8.21. The van der Waals surface area contributed by atoms with Crippen LogP contribution in [0.15, 0.2) is 41.7 Å². The molecule has 160 valence electrons. The van der Waals surface area contributed by atoms with Crippen LogP contribution in [0.4, 0.5) is 16.0 Å². The van der Waals surface area contributed by atoms with E-state index in [9.17, 15) is 4.39 Å². The third-order valence-electron chi connectivity index (χ3n) is 5.74. The highest BCUT2D eigenvalue weighted by Gasteiger charge is 2.26. The summed E-state index contributed by atoms with van der Waals surface area (Å²) >= 11 is 0. The number of anilines is 2. The van der Waals surface area contributed by atoms with Gasteiger partial charge in [-0.15, -0.1) is 0 Å². The molecular weight excluding hydrogens is 381 g/mol. The van der Waals surface area contributed by atoms with Crippen LogP contribution in [0.3, 0.4) is 0 Å². The van der Waals surface area contributed by atoms with Crippen molar-refractivity contribution in [1.82, 2.24) is 20.6 Å². The summed E-state index contributed by atoms with van der Waals surface area (Å²) in [4.78, 5) is 17.4. The Morgan fingerprint density at radius 1 is 1.13 bits per heavy atom. The van der Waals surface area contributed by atoms with Gasteiger partial charge >= 0.3 is 0 Å². The number of halogens is 1. The normalized spacial score (nSPS) is 19.8. The molecule has 2 aromatic rings. The van der Waals surface area contributed by atoms with E-state index in [1.807, 2.05) is 17.2 Å². The van der Waals surface area contributed by atoms with Crippen molar-refractivity contribution in [1.29, 1.82) is 0 Å². The lowest BCUT2D eigenvalue weighted by Gasteiger charge is -2.28. The highest BCUT2D eigenvalue weighted by molar-refractivity contribution is 5.80. The summed E-state index contributed by atoms with van der Waals surface area (Å²) in [6, 6.07) is 7.46. The van der Waals surface area contributed by atoms with Crippen molar-refractivity contribution >= 4 is 17.6 Å². The van der Waals surface area contributed by atoms with Crippen LogP contribution in [-0.4, -0.2) is 55.2 Å². The summed E-state index contributed by atoms with van der Waals surface area (Å²) in [5.41, 5.74) is 1.18. The quantitative estimate of drug-likeness (QED) is 0.582. The van der Waals surface area contributed by atoms with E-state index in [0.717, 1.165) is 37.8 Å². The number of aromatic nitrogens is 2. The van der Waals surface area contributed by atoms with Gasteiger partial charge in [0, 0.05) is 58.2 Å². The molecular formula is C22H30FN7. The molecule has 2 saturated heterocycles. The average Bonchev–Trinajstić information content (AvgIpc) is 3.26. The number of aliphatic imine (C=N–C) groups is 1. The number of nitrogens with zero attached hydrogens (tertiary/aromatic N) is 5. The summed E-state index contributed by atoms with van der Waals surface area (Å²) < 4.78 is 14.0. The van der Waals surface area contributed by atoms with Gasteiger partial charge in [-0.1, -0.05) is 0 Å². The van der Waals surface area contributed by atoms with Crippen molar-refractivity contribution in [2.75, 3.05) is 43.0 Å². The molecule has 2 N–H and O–H groups in total. The zero-order chi connectivity index (χ0) is 20.8. The van der Waals surface area contributed by atoms with Crippen molar-refractivity contribution in [2.24, 2.45) is 4.99 Å². The van der Waals surface area contributed by atoms with E-state index in [4.69, 9.17) is 0 Å². The van der Waals surface area contributed by atoms with Crippen LogP contribution in [0, 0.1) is 5.82 Å². The molecule has 8 heteroatoms. The van der Waals surface area contributed by atoms with Gasteiger partial charge in [0.05, 0.1) is 0 Å². The van der Waals surface area contributed by atoms with E-state index in [2.05, 4.69) is 36.6 Å². The number of guanidine groups is 1. The number of hydrogen-bond donors (Lipinski definition) is 2. The van der Waals surface area contributed by atoms with Crippen molar-refractivity contribution in [3.8, 4) is 0 Å². The van der Waals surface area contributed by atoms with Gasteiger partial charge in [-0.05, 0) is 55.5 Å². The number of pyridine rings is 2. The van der Waals surface area contributed by atoms with E-state index in [1.165, 1.54) is 30.9 Å². The minimum absolute atomic E-state index is 0.193. The van der Waals surface area contributed by atoms with E-state index in [-0.39, 0.29) is 11.9 Å². The summed E-state index contributed by atoms with van der Waals surface area (Å²) in [6.45, 7) is 4.31. The number of hydrogen-bond acceptors (Lipinski definition) is 5. The lowest BCUT2D eigenvalue weighted by Crippen LogP contribution is -2.44. The second-order valence-corrected chi connectivity index (χ2v) is 7.88. The number of nitrogens with one attached hydrogen (secondary N) is 2. The molecule has 2 aliphatic rings. The van der Waals surface area contributed by atoms with Crippen molar-refractivity contribution in [3.63, 3.8) is 0 Å². The first-order valence-electron chi connectivity index (χ1n) is 10.8. The zero-order valence-corrected chi connectivity index (χ0v) is 17.5. The molecule has 4 rings (SSSR count). The predicted molar refractivity (Wildman–Crippen MR) is 118 cm³/mol. The maximum Gasteiger partial charge on any atom is 0.191 e. The fraction of sp³-hybridized carbons (Fsp3) is 0.500. The Kier molecular flexibility index (Phi) is 6.61. The molecule has 0 saturated carbocycles. The highest BCUT2D eigenvalue weighted by atomic mass is 19.1. The van der Waals surface area contributed by atoms with Crippen LogP contribution >= 0.6 is 0 Å². The van der Waals surface area contributed by atoms with Gasteiger partial charge in [0.25, 0.3) is 0 Å². The second-order valence-electron chi connectivity index (χ2n) is 7.88. The molecule has 0 aliphatic carbocycles. The van der Waals surface area contributed by atoms with Gasteiger partial charge in [0.2, 0.25) is 0 Å². The van der Waals surface area contributed by atoms with Gasteiger partial charge in [0.1, 0.15) is 5.82 Å². The van der Waals surface area contributed by atoms with E-state index >= 15 is 0 Å². The first-order chi connectivity index (χ1) is 14.7. The number of rotatable bonds is 5. The molecule has 1 unspecified atom stereocenters. The Labute approximate surface area is 177 Å². The van der Waals surface area contributed by atoms with Crippen LogP contribution in [0.2, 0.25) is 0 Å². The molecule has 0 amide bonds. The first kappa shape index (κ1) is 20.4. The van der Waals surface area contributed by atoms with Crippen LogP contribution in [0.25, 0.3) is 0 Å². The lowest BCUT2D eigenvalue weighted by atomic mass is 10.1. The fourth-order valence-corrected chi connectivity index (χ4v) is 4.12. The standard InChI is InChI=1S/C22H30FN7/c1-24-22(28-18-8-13-30(16-18)21-19(23)6-5-9-26-21)27-15-17-7-10-25-20(14-17)29-11-3-2-4-12-29/h5-7,9-10,14,18H,2-4,8,11-13,15-16H2,1H3,(H2,24,27,28). The molecule has 0 spiro atoms. The maximum atomic E-state index is 14.0. The first-order valence-corrected chi connectivity index (χ1v) is 10.8. The topological polar surface area (TPSA) is 68.7 Å². The molecule has 0 bridgehead atoms. The van der Waals surface area contributed by atoms with Crippen LogP contribution in [0.5, 0.6) is 0 Å². The Morgan fingerprint density at radius 3 is 2.80 bits per heavy atom. The van der Waals surface area contributed by atoms with Gasteiger partial charge in [0.15, 0.2) is 17.6 Å². The van der Waals surface area contributed by atoms with E-state index in [0.29, 0.717) is 18.9 Å². The summed E-state index contributed by atoms with van der Waals surface area (Å²) in [5.74, 6) is 1.95. The molecule has 7 nitrogen and oxygen atoms in total. The molecule has 4 heterocycles. The van der Waals surface area contributed by atoms with Crippen molar-refractivity contribution < 1.29 is 4.39 Å². The minimum atomic E-state index is -0.275. The van der Waals surface area contributed by atoms with E-state index in [1.54, 1.807) is 19.3 Å². The van der Waals surface area contributed by atoms with Gasteiger partial charge in [-0.2, -0.15) is 0 Å². The summed E-state index contributed by atoms with van der Waals surface area (Å²) in [7, 11) is 1.77. The van der Waals surface area contributed by atoms with Crippen molar-refractivity contribution in [3.05, 3.63) is 48.0 Å². The Hall–Kier alpha value is -2.90. The molecule has 2 aliphatic heterocycles. The van der Waals surface area contributed by atoms with Gasteiger partial charge in [-0.25, -0.2) is 14.4 Å². The Morgan fingerprint density at radius 2 is 2.00 bits per heavy atom. The molecule has 1 atom stereocenters.